The van der Waals surface area contributed by atoms with Gasteiger partial charge in [0.15, 0.2) is 0 Å². The first kappa shape index (κ1) is 17.9. The van der Waals surface area contributed by atoms with E-state index >= 15 is 0 Å². The van der Waals surface area contributed by atoms with Gasteiger partial charge in [0.1, 0.15) is 5.60 Å². The lowest BCUT2D eigenvalue weighted by atomic mass is 10.2. The number of rotatable bonds is 3. The SMILES string of the molecule is CC.CC(C)(C)OC(=O)NCc1ccc([N+](=O)[O-])cc1. The molecule has 112 valence electrons. The zero-order valence-corrected chi connectivity index (χ0v) is 12.6. The Kier molecular flexibility index (Phi) is 7.28. The molecule has 0 fully saturated rings. The van der Waals surface area contributed by atoms with Crippen LogP contribution in [-0.2, 0) is 11.3 Å². The lowest BCUT2D eigenvalue weighted by Crippen LogP contribution is -2.32. The molecule has 1 aromatic rings. The molecule has 6 heteroatoms. The summed E-state index contributed by atoms with van der Waals surface area (Å²) >= 11 is 0. The molecule has 1 N–H and O–H groups in total. The number of hydrogen-bond donors (Lipinski definition) is 1. The van der Waals surface area contributed by atoms with Gasteiger partial charge in [0.25, 0.3) is 5.69 Å². The number of benzene rings is 1. The minimum atomic E-state index is -0.542. The predicted octanol–water partition coefficient (Wildman–Crippen LogP) is 3.65. The highest BCUT2D eigenvalue weighted by atomic mass is 16.6. The molecule has 1 amide bonds. The number of non-ortho nitro benzene ring substituents is 1. The number of nitrogens with zero attached hydrogens (tertiary/aromatic N) is 1. The molecule has 0 saturated heterocycles. The van der Waals surface area contributed by atoms with E-state index in [2.05, 4.69) is 5.32 Å². The molecule has 0 aliphatic heterocycles. The summed E-state index contributed by atoms with van der Waals surface area (Å²) in [6.45, 7) is 9.60. The molecule has 1 aromatic carbocycles. The van der Waals surface area contributed by atoms with Crippen LogP contribution in [0.2, 0.25) is 0 Å². The second kappa shape index (κ2) is 8.14. The first-order chi connectivity index (χ1) is 9.28. The maximum atomic E-state index is 11.4. The van der Waals surface area contributed by atoms with Crippen molar-refractivity contribution >= 4 is 11.8 Å². The summed E-state index contributed by atoms with van der Waals surface area (Å²) in [7, 11) is 0. The largest absolute Gasteiger partial charge is 0.444 e. The Bertz CT molecular complexity index is 435. The van der Waals surface area contributed by atoms with Gasteiger partial charge in [-0.1, -0.05) is 26.0 Å². The number of amides is 1. The number of carbonyl (C=O) groups excluding carboxylic acids is 1. The van der Waals surface area contributed by atoms with E-state index in [-0.39, 0.29) is 12.2 Å². The van der Waals surface area contributed by atoms with Crippen molar-refractivity contribution in [2.24, 2.45) is 0 Å². The van der Waals surface area contributed by atoms with Crippen LogP contribution in [0.3, 0.4) is 0 Å². The zero-order chi connectivity index (χ0) is 15.8. The van der Waals surface area contributed by atoms with Gasteiger partial charge in [-0.15, -0.1) is 0 Å². The minimum Gasteiger partial charge on any atom is -0.444 e. The van der Waals surface area contributed by atoms with Crippen LogP contribution in [0, 0.1) is 10.1 Å². The van der Waals surface area contributed by atoms with Gasteiger partial charge in [0.2, 0.25) is 0 Å². The maximum Gasteiger partial charge on any atom is 0.407 e. The van der Waals surface area contributed by atoms with Crippen molar-refractivity contribution < 1.29 is 14.5 Å². The minimum absolute atomic E-state index is 0.0241. The Morgan fingerprint density at radius 2 is 1.75 bits per heavy atom. The third kappa shape index (κ3) is 7.35. The fourth-order valence-electron chi connectivity index (χ4n) is 1.22. The molecule has 0 aliphatic carbocycles. The lowest BCUT2D eigenvalue weighted by Gasteiger charge is -2.19. The van der Waals surface area contributed by atoms with Crippen LogP contribution in [0.25, 0.3) is 0 Å². The van der Waals surface area contributed by atoms with E-state index in [9.17, 15) is 14.9 Å². The lowest BCUT2D eigenvalue weighted by molar-refractivity contribution is -0.384. The number of nitrogens with one attached hydrogen (secondary N) is 1. The van der Waals surface area contributed by atoms with Gasteiger partial charge in [-0.3, -0.25) is 10.1 Å². The monoisotopic (exact) mass is 282 g/mol. The van der Waals surface area contributed by atoms with Crippen molar-refractivity contribution in [2.45, 2.75) is 46.8 Å². The first-order valence-corrected chi connectivity index (χ1v) is 6.48. The fourth-order valence-corrected chi connectivity index (χ4v) is 1.22. The predicted molar refractivity (Wildman–Crippen MR) is 77.5 cm³/mol. The van der Waals surface area contributed by atoms with Crippen molar-refractivity contribution in [3.8, 4) is 0 Å². The first-order valence-electron chi connectivity index (χ1n) is 6.48. The molecule has 0 saturated carbocycles. The normalized spacial score (nSPS) is 10.1. The van der Waals surface area contributed by atoms with Crippen LogP contribution < -0.4 is 5.32 Å². The molecule has 6 nitrogen and oxygen atoms in total. The van der Waals surface area contributed by atoms with Crippen molar-refractivity contribution in [2.75, 3.05) is 0 Å². The second-order valence-electron chi connectivity index (χ2n) is 4.78. The fraction of sp³-hybridized carbons (Fsp3) is 0.500. The summed E-state index contributed by atoms with van der Waals surface area (Å²) in [6.07, 6.45) is -0.513. The Hall–Kier alpha value is -2.11. The van der Waals surface area contributed by atoms with Gasteiger partial charge < -0.3 is 10.1 Å². The maximum absolute atomic E-state index is 11.4. The Morgan fingerprint density at radius 3 is 2.15 bits per heavy atom. The van der Waals surface area contributed by atoms with E-state index in [4.69, 9.17) is 4.74 Å². The van der Waals surface area contributed by atoms with Crippen LogP contribution in [0.4, 0.5) is 10.5 Å². The van der Waals surface area contributed by atoms with Crippen LogP contribution in [-0.4, -0.2) is 16.6 Å². The quantitative estimate of drug-likeness (QED) is 0.677. The molecule has 0 radical (unpaired) electrons. The van der Waals surface area contributed by atoms with E-state index in [1.165, 1.54) is 12.1 Å². The molecule has 0 atom stereocenters. The van der Waals surface area contributed by atoms with Gasteiger partial charge in [0, 0.05) is 18.7 Å². The number of alkyl carbamates (subject to hydrolysis) is 1. The van der Waals surface area contributed by atoms with Crippen molar-refractivity contribution in [3.05, 3.63) is 39.9 Å². The van der Waals surface area contributed by atoms with E-state index in [1.807, 2.05) is 13.8 Å². The molecule has 0 aliphatic rings. The molecule has 0 unspecified atom stereocenters. The molecule has 0 spiro atoms. The second-order valence-corrected chi connectivity index (χ2v) is 4.78. The topological polar surface area (TPSA) is 81.5 Å². The molecule has 1 rings (SSSR count). The molecule has 0 heterocycles. The smallest absolute Gasteiger partial charge is 0.407 e. The molecule has 20 heavy (non-hydrogen) atoms. The average molecular weight is 282 g/mol. The van der Waals surface area contributed by atoms with E-state index in [0.717, 1.165) is 5.56 Å². The van der Waals surface area contributed by atoms with Gasteiger partial charge in [-0.2, -0.15) is 0 Å². The average Bonchev–Trinajstić information content (AvgIpc) is 2.37. The van der Waals surface area contributed by atoms with Crippen LogP contribution in [0.15, 0.2) is 24.3 Å². The van der Waals surface area contributed by atoms with Crippen molar-refractivity contribution in [1.29, 1.82) is 0 Å². The van der Waals surface area contributed by atoms with Gasteiger partial charge in [0.05, 0.1) is 4.92 Å². The standard InChI is InChI=1S/C12H16N2O4.C2H6/c1-12(2,3)18-11(15)13-8-9-4-6-10(7-5-9)14(16)17;1-2/h4-7H,8H2,1-3H3,(H,13,15);1-2H3. The number of ether oxygens (including phenoxy) is 1. The Morgan fingerprint density at radius 1 is 1.25 bits per heavy atom. The highest BCUT2D eigenvalue weighted by Crippen LogP contribution is 2.12. The molecular formula is C14H22N2O4. The van der Waals surface area contributed by atoms with Crippen molar-refractivity contribution in [1.82, 2.24) is 5.32 Å². The summed E-state index contributed by atoms with van der Waals surface area (Å²) in [4.78, 5) is 21.3. The number of hydrogen-bond acceptors (Lipinski definition) is 4. The van der Waals surface area contributed by atoms with E-state index in [1.54, 1.807) is 32.9 Å². The summed E-state index contributed by atoms with van der Waals surface area (Å²) in [5, 5.41) is 13.0. The summed E-state index contributed by atoms with van der Waals surface area (Å²) in [5.74, 6) is 0. The Labute approximate surface area is 119 Å². The molecule has 0 aromatic heterocycles. The van der Waals surface area contributed by atoms with Crippen LogP contribution >= 0.6 is 0 Å². The highest BCUT2D eigenvalue weighted by Gasteiger charge is 2.15. The van der Waals surface area contributed by atoms with Crippen LogP contribution in [0.5, 0.6) is 0 Å². The van der Waals surface area contributed by atoms with Crippen LogP contribution in [0.1, 0.15) is 40.2 Å². The van der Waals surface area contributed by atoms with Gasteiger partial charge in [-0.25, -0.2) is 4.79 Å². The van der Waals surface area contributed by atoms with E-state index < -0.39 is 16.6 Å². The zero-order valence-electron chi connectivity index (χ0n) is 12.6. The number of carbonyl (C=O) groups is 1. The van der Waals surface area contributed by atoms with Crippen molar-refractivity contribution in [3.63, 3.8) is 0 Å². The number of nitro groups is 1. The third-order valence-corrected chi connectivity index (χ3v) is 1.98. The summed E-state index contributed by atoms with van der Waals surface area (Å²) < 4.78 is 5.06. The molecule has 0 bridgehead atoms. The molecular weight excluding hydrogens is 260 g/mol. The Balaban J connectivity index is 0.00000172. The third-order valence-electron chi connectivity index (χ3n) is 1.98. The summed E-state index contributed by atoms with van der Waals surface area (Å²) in [6, 6.07) is 5.98. The van der Waals surface area contributed by atoms with Gasteiger partial charge in [-0.05, 0) is 26.3 Å². The highest BCUT2D eigenvalue weighted by molar-refractivity contribution is 5.67. The summed E-state index contributed by atoms with van der Waals surface area (Å²) in [5.41, 5.74) is 0.252. The van der Waals surface area contributed by atoms with E-state index in [0.29, 0.717) is 0 Å². The number of nitro benzene ring substituents is 1. The van der Waals surface area contributed by atoms with Gasteiger partial charge >= 0.3 is 6.09 Å².